The first-order valence-electron chi connectivity index (χ1n) is 20.5. The summed E-state index contributed by atoms with van der Waals surface area (Å²) in [6.45, 7) is 25.1. The monoisotopic (exact) mass is 665 g/mol. The van der Waals surface area contributed by atoms with E-state index >= 15 is 0 Å². The molecule has 7 atom stereocenters. The summed E-state index contributed by atoms with van der Waals surface area (Å²) in [7, 11) is 0. The van der Waals surface area contributed by atoms with Gasteiger partial charge >= 0.3 is 11.9 Å². The van der Waals surface area contributed by atoms with Crippen molar-refractivity contribution in [3.63, 3.8) is 0 Å². The molecule has 0 aliphatic carbocycles. The van der Waals surface area contributed by atoms with Gasteiger partial charge in [-0.1, -0.05) is 185 Å². The van der Waals surface area contributed by atoms with Gasteiger partial charge in [0.2, 0.25) is 0 Å². The summed E-state index contributed by atoms with van der Waals surface area (Å²) in [5, 5.41) is 0. The van der Waals surface area contributed by atoms with Crippen LogP contribution in [0.25, 0.3) is 0 Å². The zero-order valence-corrected chi connectivity index (χ0v) is 33.7. The van der Waals surface area contributed by atoms with Gasteiger partial charge in [-0.05, 0) is 54.3 Å². The van der Waals surface area contributed by atoms with Gasteiger partial charge in [-0.2, -0.15) is 0 Å². The topological polar surface area (TPSA) is 52.6 Å². The summed E-state index contributed by atoms with van der Waals surface area (Å²) in [6, 6.07) is 0. The van der Waals surface area contributed by atoms with Crippen LogP contribution < -0.4 is 0 Å². The lowest BCUT2D eigenvalue weighted by Gasteiger charge is -2.18. The average molecular weight is 665 g/mol. The second-order valence-corrected chi connectivity index (χ2v) is 17.4. The standard InChI is InChI=1S/C43H84O4/c1-33(2)18-12-20-35(5)22-14-24-37(7)26-16-28-39(9)30-42(44)46-32-41(11)47-43(45)31-40(10)29-17-27-38(8)25-15-23-36(6)21-13-19-34(3)4/h33-41H,12-32H2,1-11H3. The van der Waals surface area contributed by atoms with E-state index in [1.165, 1.54) is 103 Å². The predicted octanol–water partition coefficient (Wildman–Crippen LogP) is 13.4. The third-order valence-electron chi connectivity index (χ3n) is 10.4. The van der Waals surface area contributed by atoms with E-state index in [1.54, 1.807) is 0 Å². The smallest absolute Gasteiger partial charge is 0.306 e. The van der Waals surface area contributed by atoms with Gasteiger partial charge in [-0.3, -0.25) is 9.59 Å². The zero-order chi connectivity index (χ0) is 35.6. The molecule has 0 aliphatic rings. The number of esters is 2. The van der Waals surface area contributed by atoms with Gasteiger partial charge in [0.25, 0.3) is 0 Å². The van der Waals surface area contributed by atoms with E-state index in [2.05, 4.69) is 69.2 Å². The third-order valence-corrected chi connectivity index (χ3v) is 10.4. The Bertz CT molecular complexity index is 746. The fraction of sp³-hybridized carbons (Fsp3) is 0.953. The van der Waals surface area contributed by atoms with Crippen molar-refractivity contribution < 1.29 is 19.1 Å². The molecule has 0 radical (unpaired) electrons. The highest BCUT2D eigenvalue weighted by atomic mass is 16.6. The van der Waals surface area contributed by atoms with Gasteiger partial charge in [-0.25, -0.2) is 0 Å². The molecule has 0 rings (SSSR count). The molecular weight excluding hydrogens is 580 g/mol. The first-order valence-corrected chi connectivity index (χ1v) is 20.5. The van der Waals surface area contributed by atoms with Crippen LogP contribution in [-0.2, 0) is 19.1 Å². The van der Waals surface area contributed by atoms with Gasteiger partial charge in [0.05, 0.1) is 0 Å². The Hall–Kier alpha value is -1.06. The Morgan fingerprint density at radius 1 is 0.383 bits per heavy atom. The van der Waals surface area contributed by atoms with E-state index in [1.807, 2.05) is 6.92 Å². The van der Waals surface area contributed by atoms with Crippen LogP contribution in [0, 0.1) is 47.3 Å². The molecule has 0 spiro atoms. The molecule has 0 heterocycles. The fourth-order valence-corrected chi connectivity index (χ4v) is 6.93. The van der Waals surface area contributed by atoms with Crippen molar-refractivity contribution >= 4 is 11.9 Å². The first-order chi connectivity index (χ1) is 22.2. The maximum absolute atomic E-state index is 12.5. The first kappa shape index (κ1) is 45.9. The molecule has 4 nitrogen and oxygen atoms in total. The summed E-state index contributed by atoms with van der Waals surface area (Å²) in [4.78, 5) is 24.9. The number of rotatable bonds is 31. The van der Waals surface area contributed by atoms with Crippen LogP contribution in [-0.4, -0.2) is 24.6 Å². The van der Waals surface area contributed by atoms with Crippen molar-refractivity contribution in [1.82, 2.24) is 0 Å². The van der Waals surface area contributed by atoms with E-state index in [0.29, 0.717) is 24.7 Å². The van der Waals surface area contributed by atoms with Gasteiger partial charge < -0.3 is 9.47 Å². The van der Waals surface area contributed by atoms with Crippen molar-refractivity contribution in [3.05, 3.63) is 0 Å². The summed E-state index contributed by atoms with van der Waals surface area (Å²) in [5.74, 6) is 5.14. The minimum atomic E-state index is -0.402. The maximum Gasteiger partial charge on any atom is 0.306 e. The summed E-state index contributed by atoms with van der Waals surface area (Å²) < 4.78 is 11.0. The molecule has 0 saturated carbocycles. The highest BCUT2D eigenvalue weighted by Gasteiger charge is 2.17. The SMILES string of the molecule is CC(C)CCCC(C)CCCC(C)CCCC(C)CC(=O)OCC(C)OC(=O)CC(C)CCCC(C)CCCC(C)CCCC(C)C. The molecule has 0 aromatic rings. The minimum Gasteiger partial charge on any atom is -0.462 e. The second-order valence-electron chi connectivity index (χ2n) is 17.4. The van der Waals surface area contributed by atoms with Crippen molar-refractivity contribution in [2.45, 2.75) is 211 Å². The molecule has 0 aromatic carbocycles. The molecule has 0 bridgehead atoms. The lowest BCUT2D eigenvalue weighted by Crippen LogP contribution is -2.24. The van der Waals surface area contributed by atoms with E-state index in [9.17, 15) is 9.59 Å². The van der Waals surface area contributed by atoms with Crippen LogP contribution in [0.5, 0.6) is 0 Å². The number of carbonyl (C=O) groups is 2. The Morgan fingerprint density at radius 2 is 0.660 bits per heavy atom. The Kier molecular flexibility index (Phi) is 28.1. The highest BCUT2D eigenvalue weighted by molar-refractivity contribution is 5.70. The summed E-state index contributed by atoms with van der Waals surface area (Å²) >= 11 is 0. The molecular formula is C43H84O4. The fourth-order valence-electron chi connectivity index (χ4n) is 6.93. The molecule has 280 valence electrons. The van der Waals surface area contributed by atoms with Crippen LogP contribution >= 0.6 is 0 Å². The van der Waals surface area contributed by atoms with Crippen LogP contribution in [0.1, 0.15) is 205 Å². The maximum atomic E-state index is 12.5. The lowest BCUT2D eigenvalue weighted by molar-refractivity contribution is -0.159. The summed E-state index contributed by atoms with van der Waals surface area (Å²) in [6.07, 6.45) is 23.6. The normalized spacial score (nSPS) is 16.4. The summed E-state index contributed by atoms with van der Waals surface area (Å²) in [5.41, 5.74) is 0. The molecule has 0 amide bonds. The van der Waals surface area contributed by atoms with Crippen molar-refractivity contribution in [1.29, 1.82) is 0 Å². The lowest BCUT2D eigenvalue weighted by atomic mass is 9.91. The quantitative estimate of drug-likeness (QED) is 0.0692. The molecule has 0 N–H and O–H groups in total. The Balaban J connectivity index is 3.92. The van der Waals surface area contributed by atoms with Gasteiger partial charge in [0.15, 0.2) is 0 Å². The van der Waals surface area contributed by atoms with Crippen LogP contribution in [0.4, 0.5) is 0 Å². The molecule has 7 unspecified atom stereocenters. The van der Waals surface area contributed by atoms with Crippen LogP contribution in [0.3, 0.4) is 0 Å². The molecule has 0 fully saturated rings. The average Bonchev–Trinajstić information content (AvgIpc) is 2.95. The van der Waals surface area contributed by atoms with Crippen LogP contribution in [0.2, 0.25) is 0 Å². The number of hydrogen-bond donors (Lipinski definition) is 0. The largest absolute Gasteiger partial charge is 0.462 e. The number of carbonyl (C=O) groups excluding carboxylic acids is 2. The van der Waals surface area contributed by atoms with E-state index in [4.69, 9.17) is 9.47 Å². The van der Waals surface area contributed by atoms with E-state index in [-0.39, 0.29) is 18.5 Å². The molecule has 0 saturated heterocycles. The minimum absolute atomic E-state index is 0.145. The molecule has 4 heteroatoms. The van der Waals surface area contributed by atoms with Crippen LogP contribution in [0.15, 0.2) is 0 Å². The van der Waals surface area contributed by atoms with Crippen molar-refractivity contribution in [2.75, 3.05) is 6.61 Å². The Labute approximate surface area is 295 Å². The molecule has 0 aliphatic heterocycles. The van der Waals surface area contributed by atoms with Gasteiger partial charge in [0, 0.05) is 12.8 Å². The molecule has 47 heavy (non-hydrogen) atoms. The second kappa shape index (κ2) is 28.7. The molecule has 0 aromatic heterocycles. The van der Waals surface area contributed by atoms with Crippen molar-refractivity contribution in [2.24, 2.45) is 47.3 Å². The predicted molar refractivity (Wildman–Crippen MR) is 204 cm³/mol. The van der Waals surface area contributed by atoms with Crippen molar-refractivity contribution in [3.8, 4) is 0 Å². The third kappa shape index (κ3) is 30.7. The number of hydrogen-bond acceptors (Lipinski definition) is 4. The zero-order valence-electron chi connectivity index (χ0n) is 33.7. The number of ether oxygens (including phenoxy) is 2. The highest BCUT2D eigenvalue weighted by Crippen LogP contribution is 2.24. The van der Waals surface area contributed by atoms with Gasteiger partial charge in [0.1, 0.15) is 12.7 Å². The van der Waals surface area contributed by atoms with E-state index in [0.717, 1.165) is 48.3 Å². The van der Waals surface area contributed by atoms with E-state index < -0.39 is 6.10 Å². The Morgan fingerprint density at radius 3 is 0.979 bits per heavy atom. The van der Waals surface area contributed by atoms with Gasteiger partial charge in [-0.15, -0.1) is 0 Å².